The lowest BCUT2D eigenvalue weighted by Gasteiger charge is -2.37. The minimum Gasteiger partial charge on any atom is -0.492 e. The molecule has 2 aromatic carbocycles. The van der Waals surface area contributed by atoms with E-state index in [0.29, 0.717) is 25.4 Å². The highest BCUT2D eigenvalue weighted by Crippen LogP contribution is 2.26. The molecule has 1 fully saturated rings. The molecule has 0 atom stereocenters. The first-order chi connectivity index (χ1) is 12.6. The first kappa shape index (κ1) is 18.1. The van der Waals surface area contributed by atoms with Crippen molar-refractivity contribution in [2.45, 2.75) is 20.8 Å². The maximum atomic E-state index is 12.6. The molecule has 1 aliphatic heterocycles. The van der Waals surface area contributed by atoms with Gasteiger partial charge in [-0.1, -0.05) is 24.3 Å². The van der Waals surface area contributed by atoms with Crippen LogP contribution in [0.15, 0.2) is 42.5 Å². The summed E-state index contributed by atoms with van der Waals surface area (Å²) in [6.45, 7) is 9.89. The number of aryl methyl sites for hydroxylation is 1. The molecule has 3 rings (SSSR count). The van der Waals surface area contributed by atoms with Gasteiger partial charge in [0.25, 0.3) is 0 Å². The Bertz CT molecular complexity index is 768. The third-order valence-electron chi connectivity index (χ3n) is 4.91. The van der Waals surface area contributed by atoms with Gasteiger partial charge in [0.05, 0.1) is 12.3 Å². The van der Waals surface area contributed by atoms with Crippen molar-refractivity contribution < 1.29 is 9.53 Å². The number of urea groups is 1. The molecular weight excluding hydrogens is 326 g/mol. The van der Waals surface area contributed by atoms with Crippen LogP contribution >= 0.6 is 0 Å². The molecule has 26 heavy (non-hydrogen) atoms. The van der Waals surface area contributed by atoms with Gasteiger partial charge in [0.15, 0.2) is 0 Å². The van der Waals surface area contributed by atoms with Crippen LogP contribution in [-0.4, -0.2) is 43.7 Å². The largest absolute Gasteiger partial charge is 0.492 e. The summed E-state index contributed by atoms with van der Waals surface area (Å²) in [5, 5.41) is 2.98. The fourth-order valence-corrected chi connectivity index (χ4v) is 3.27. The zero-order valence-electron chi connectivity index (χ0n) is 15.8. The van der Waals surface area contributed by atoms with Crippen LogP contribution in [0.1, 0.15) is 18.1 Å². The number of para-hydroxylation sites is 2. The predicted molar refractivity (Wildman–Crippen MR) is 106 cm³/mol. The number of piperazine rings is 1. The summed E-state index contributed by atoms with van der Waals surface area (Å²) in [5.74, 6) is 0.706. The van der Waals surface area contributed by atoms with Gasteiger partial charge in [0, 0.05) is 31.9 Å². The van der Waals surface area contributed by atoms with Crippen molar-refractivity contribution in [3.05, 3.63) is 53.6 Å². The monoisotopic (exact) mass is 353 g/mol. The van der Waals surface area contributed by atoms with E-state index in [1.54, 1.807) is 0 Å². The Labute approximate surface area is 155 Å². The van der Waals surface area contributed by atoms with E-state index in [1.165, 1.54) is 16.8 Å². The van der Waals surface area contributed by atoms with Gasteiger partial charge >= 0.3 is 6.03 Å². The van der Waals surface area contributed by atoms with Gasteiger partial charge < -0.3 is 19.9 Å². The van der Waals surface area contributed by atoms with Crippen LogP contribution in [0.25, 0.3) is 0 Å². The maximum Gasteiger partial charge on any atom is 0.322 e. The Morgan fingerprint density at radius 3 is 2.50 bits per heavy atom. The molecular formula is C21H27N3O2. The molecule has 2 amide bonds. The molecule has 1 N–H and O–H groups in total. The van der Waals surface area contributed by atoms with Gasteiger partial charge in [-0.3, -0.25) is 0 Å². The van der Waals surface area contributed by atoms with E-state index < -0.39 is 0 Å². The molecule has 5 nitrogen and oxygen atoms in total. The number of carbonyl (C=O) groups is 1. The van der Waals surface area contributed by atoms with Crippen molar-refractivity contribution in [3.63, 3.8) is 0 Å². The van der Waals surface area contributed by atoms with E-state index in [1.807, 2.05) is 36.1 Å². The fraction of sp³-hybridized carbons (Fsp3) is 0.381. The fourth-order valence-electron chi connectivity index (χ4n) is 3.27. The number of nitrogens with zero attached hydrogens (tertiary/aromatic N) is 2. The standard InChI is InChI=1S/C21H27N3O2/c1-4-26-20-11-6-5-9-18(20)22-21(25)24-14-12-23(13-15-24)19-10-7-8-16(2)17(19)3/h5-11H,4,12-15H2,1-3H3,(H,22,25). The van der Waals surface area contributed by atoms with Crippen molar-refractivity contribution in [2.24, 2.45) is 0 Å². The van der Waals surface area contributed by atoms with Crippen LogP contribution in [0, 0.1) is 13.8 Å². The molecule has 0 saturated carbocycles. The normalized spacial score (nSPS) is 14.3. The second kappa shape index (κ2) is 8.13. The van der Waals surface area contributed by atoms with Crippen molar-refractivity contribution in [1.82, 2.24) is 4.90 Å². The summed E-state index contributed by atoms with van der Waals surface area (Å²) in [6, 6.07) is 13.9. The average molecular weight is 353 g/mol. The van der Waals surface area contributed by atoms with Crippen molar-refractivity contribution >= 4 is 17.4 Å². The lowest BCUT2D eigenvalue weighted by molar-refractivity contribution is 0.208. The molecule has 0 bridgehead atoms. The maximum absolute atomic E-state index is 12.6. The summed E-state index contributed by atoms with van der Waals surface area (Å²) < 4.78 is 5.58. The first-order valence-electron chi connectivity index (χ1n) is 9.19. The number of nitrogens with one attached hydrogen (secondary N) is 1. The highest BCUT2D eigenvalue weighted by Gasteiger charge is 2.23. The van der Waals surface area contributed by atoms with Crippen LogP contribution in [0.2, 0.25) is 0 Å². The summed E-state index contributed by atoms with van der Waals surface area (Å²) in [5.41, 5.74) is 4.61. The molecule has 0 unspecified atom stereocenters. The summed E-state index contributed by atoms with van der Waals surface area (Å²) in [7, 11) is 0. The average Bonchev–Trinajstić information content (AvgIpc) is 2.66. The third kappa shape index (κ3) is 3.93. The number of ether oxygens (including phenoxy) is 1. The molecule has 0 aromatic heterocycles. The van der Waals surface area contributed by atoms with Crippen molar-refractivity contribution in [1.29, 1.82) is 0 Å². The second-order valence-corrected chi connectivity index (χ2v) is 6.55. The number of anilines is 2. The van der Waals surface area contributed by atoms with Gasteiger partial charge in [-0.25, -0.2) is 4.79 Å². The Hall–Kier alpha value is -2.69. The first-order valence-corrected chi connectivity index (χ1v) is 9.19. The van der Waals surface area contributed by atoms with Crippen LogP contribution < -0.4 is 15.0 Å². The van der Waals surface area contributed by atoms with E-state index in [2.05, 4.69) is 42.3 Å². The van der Waals surface area contributed by atoms with Gasteiger partial charge in [-0.2, -0.15) is 0 Å². The Kier molecular flexibility index (Phi) is 5.66. The van der Waals surface area contributed by atoms with Gasteiger partial charge in [-0.05, 0) is 50.1 Å². The lowest BCUT2D eigenvalue weighted by Crippen LogP contribution is -2.50. The Balaban J connectivity index is 1.61. The van der Waals surface area contributed by atoms with Crippen LogP contribution in [0.3, 0.4) is 0 Å². The van der Waals surface area contributed by atoms with E-state index in [0.717, 1.165) is 18.8 Å². The quantitative estimate of drug-likeness (QED) is 0.902. The van der Waals surface area contributed by atoms with E-state index in [4.69, 9.17) is 4.74 Å². The third-order valence-corrected chi connectivity index (χ3v) is 4.91. The van der Waals surface area contributed by atoms with Gasteiger partial charge in [-0.15, -0.1) is 0 Å². The number of amides is 2. The van der Waals surface area contributed by atoms with Gasteiger partial charge in [0.2, 0.25) is 0 Å². The lowest BCUT2D eigenvalue weighted by atomic mass is 10.1. The number of hydrogen-bond acceptors (Lipinski definition) is 3. The van der Waals surface area contributed by atoms with E-state index in [9.17, 15) is 4.79 Å². The number of benzene rings is 2. The van der Waals surface area contributed by atoms with E-state index in [-0.39, 0.29) is 6.03 Å². The molecule has 0 aliphatic carbocycles. The van der Waals surface area contributed by atoms with Crippen molar-refractivity contribution in [2.75, 3.05) is 43.0 Å². The highest BCUT2D eigenvalue weighted by atomic mass is 16.5. The number of hydrogen-bond donors (Lipinski definition) is 1. The summed E-state index contributed by atoms with van der Waals surface area (Å²) >= 11 is 0. The molecule has 5 heteroatoms. The predicted octanol–water partition coefficient (Wildman–Crippen LogP) is 4.06. The topological polar surface area (TPSA) is 44.8 Å². The zero-order chi connectivity index (χ0) is 18.5. The Morgan fingerprint density at radius 1 is 1.04 bits per heavy atom. The van der Waals surface area contributed by atoms with Crippen molar-refractivity contribution in [3.8, 4) is 5.75 Å². The minimum absolute atomic E-state index is 0.0715. The minimum atomic E-state index is -0.0715. The molecule has 138 valence electrons. The molecule has 1 aliphatic rings. The van der Waals surface area contributed by atoms with Gasteiger partial charge in [0.1, 0.15) is 5.75 Å². The van der Waals surface area contributed by atoms with Crippen LogP contribution in [0.5, 0.6) is 5.75 Å². The highest BCUT2D eigenvalue weighted by molar-refractivity contribution is 5.91. The zero-order valence-corrected chi connectivity index (χ0v) is 15.8. The van der Waals surface area contributed by atoms with E-state index >= 15 is 0 Å². The number of carbonyl (C=O) groups excluding carboxylic acids is 1. The van der Waals surface area contributed by atoms with Crippen LogP contribution in [0.4, 0.5) is 16.2 Å². The number of rotatable bonds is 4. The molecule has 1 saturated heterocycles. The molecule has 1 heterocycles. The summed E-state index contributed by atoms with van der Waals surface area (Å²) in [4.78, 5) is 16.9. The SMILES string of the molecule is CCOc1ccccc1NC(=O)N1CCN(c2cccc(C)c2C)CC1. The smallest absolute Gasteiger partial charge is 0.322 e. The molecule has 2 aromatic rings. The molecule has 0 radical (unpaired) electrons. The van der Waals surface area contributed by atoms with Crippen LogP contribution in [-0.2, 0) is 0 Å². The molecule has 0 spiro atoms. The summed E-state index contributed by atoms with van der Waals surface area (Å²) in [6.07, 6.45) is 0. The Morgan fingerprint density at radius 2 is 1.77 bits per heavy atom. The second-order valence-electron chi connectivity index (χ2n) is 6.55.